The average Bonchev–Trinajstić information content (AvgIpc) is 2.63. The second-order valence-electron chi connectivity index (χ2n) is 4.78. The van der Waals surface area contributed by atoms with Crippen molar-refractivity contribution in [3.05, 3.63) is 0 Å². The van der Waals surface area contributed by atoms with Crippen LogP contribution in [0.15, 0.2) is 0 Å². The molecule has 0 aromatic carbocycles. The number of likely N-dealkylation sites (tertiary alicyclic amines) is 1. The van der Waals surface area contributed by atoms with Gasteiger partial charge in [-0.3, -0.25) is 9.59 Å². The summed E-state index contributed by atoms with van der Waals surface area (Å²) in [7, 11) is 0. The van der Waals surface area contributed by atoms with Gasteiger partial charge < -0.3 is 10.0 Å². The van der Waals surface area contributed by atoms with Crippen molar-refractivity contribution in [2.75, 3.05) is 12.3 Å². The Morgan fingerprint density at radius 3 is 2.32 bits per heavy atom. The van der Waals surface area contributed by atoms with Crippen LogP contribution in [0.25, 0.3) is 0 Å². The zero-order chi connectivity index (χ0) is 17.3. The number of carboxylic acid groups (broad SMARTS) is 1. The summed E-state index contributed by atoms with van der Waals surface area (Å²) in [5, 5.41) is 8.12. The molecule has 0 aliphatic carbocycles. The first-order chi connectivity index (χ1) is 9.85. The van der Waals surface area contributed by atoms with Gasteiger partial charge in [-0.15, -0.1) is 0 Å². The van der Waals surface area contributed by atoms with E-state index in [0.29, 0.717) is 0 Å². The molecule has 1 amide bonds. The Labute approximate surface area is 125 Å². The number of carboxylic acids is 1. The van der Waals surface area contributed by atoms with E-state index < -0.39 is 59.8 Å². The molecule has 11 heteroatoms. The van der Waals surface area contributed by atoms with Gasteiger partial charge in [0, 0.05) is 19.1 Å². The number of halogens is 5. The van der Waals surface area contributed by atoms with Crippen molar-refractivity contribution in [3.63, 3.8) is 0 Å². The highest BCUT2D eigenvalue weighted by Crippen LogP contribution is 2.37. The van der Waals surface area contributed by atoms with Gasteiger partial charge in [0.05, 0.1) is 6.54 Å². The molecule has 1 rings (SSSR count). The number of carbonyl (C=O) groups is 3. The van der Waals surface area contributed by atoms with Crippen LogP contribution >= 0.6 is 11.8 Å². The Hall–Kier alpha value is -1.39. The fourth-order valence-corrected chi connectivity index (χ4v) is 2.71. The molecule has 0 spiro atoms. The summed E-state index contributed by atoms with van der Waals surface area (Å²) in [5.41, 5.74) is 0. The standard InChI is InChI=1S/C11H12F5NO4S/c1-5(18)22-3-6(11(14,15)16)8(19)17-4-10(12,13)2-7(17)9(20)21/h6-7H,2-4H2,1H3,(H,20,21)/t6?,7-/m0/s1. The molecule has 0 radical (unpaired) electrons. The minimum atomic E-state index is -5.07. The zero-order valence-corrected chi connectivity index (χ0v) is 12.0. The van der Waals surface area contributed by atoms with Crippen molar-refractivity contribution in [2.45, 2.75) is 31.5 Å². The van der Waals surface area contributed by atoms with Gasteiger partial charge in [-0.25, -0.2) is 13.6 Å². The van der Waals surface area contributed by atoms with Crippen LogP contribution in [-0.4, -0.2) is 57.4 Å². The van der Waals surface area contributed by atoms with Crippen molar-refractivity contribution >= 4 is 28.8 Å². The van der Waals surface area contributed by atoms with Crippen LogP contribution in [0.1, 0.15) is 13.3 Å². The lowest BCUT2D eigenvalue weighted by molar-refractivity contribution is -0.186. The van der Waals surface area contributed by atoms with Crippen molar-refractivity contribution < 1.29 is 41.4 Å². The highest BCUT2D eigenvalue weighted by atomic mass is 32.2. The van der Waals surface area contributed by atoms with Gasteiger partial charge in [-0.2, -0.15) is 13.2 Å². The predicted molar refractivity (Wildman–Crippen MR) is 65.4 cm³/mol. The molecule has 1 saturated heterocycles. The predicted octanol–water partition coefficient (Wildman–Crippen LogP) is 1.77. The van der Waals surface area contributed by atoms with Gasteiger partial charge in [0.15, 0.2) is 5.12 Å². The smallest absolute Gasteiger partial charge is 0.401 e. The molecular weight excluding hydrogens is 337 g/mol. The number of aliphatic carboxylic acids is 1. The number of carbonyl (C=O) groups excluding carboxylic acids is 2. The summed E-state index contributed by atoms with van der Waals surface area (Å²) in [4.78, 5) is 33.5. The Morgan fingerprint density at radius 2 is 1.91 bits per heavy atom. The number of nitrogens with zero attached hydrogens (tertiary/aromatic N) is 1. The summed E-state index contributed by atoms with van der Waals surface area (Å²) < 4.78 is 65.1. The number of amides is 1. The molecule has 1 fully saturated rings. The topological polar surface area (TPSA) is 74.7 Å². The van der Waals surface area contributed by atoms with Crippen LogP contribution in [0.4, 0.5) is 22.0 Å². The third-order valence-electron chi connectivity index (χ3n) is 2.98. The number of rotatable bonds is 4. The minimum Gasteiger partial charge on any atom is -0.480 e. The quantitative estimate of drug-likeness (QED) is 0.783. The maximum absolute atomic E-state index is 13.2. The molecule has 0 aromatic heterocycles. The van der Waals surface area contributed by atoms with Gasteiger partial charge in [0.1, 0.15) is 12.0 Å². The van der Waals surface area contributed by atoms with Crippen molar-refractivity contribution in [1.82, 2.24) is 4.90 Å². The lowest BCUT2D eigenvalue weighted by Crippen LogP contribution is -2.48. The van der Waals surface area contributed by atoms with E-state index in [0.717, 1.165) is 6.92 Å². The summed E-state index contributed by atoms with van der Waals surface area (Å²) >= 11 is 0.222. The summed E-state index contributed by atoms with van der Waals surface area (Å²) in [6.07, 6.45) is -6.31. The van der Waals surface area contributed by atoms with Crippen molar-refractivity contribution in [1.29, 1.82) is 0 Å². The van der Waals surface area contributed by atoms with E-state index in [1.807, 2.05) is 0 Å². The van der Waals surface area contributed by atoms with E-state index in [1.54, 1.807) is 0 Å². The van der Waals surface area contributed by atoms with Gasteiger partial charge in [0.25, 0.3) is 5.92 Å². The van der Waals surface area contributed by atoms with E-state index in [9.17, 15) is 36.3 Å². The molecule has 1 aliphatic rings. The molecule has 1 heterocycles. The number of hydrogen-bond donors (Lipinski definition) is 1. The third-order valence-corrected chi connectivity index (χ3v) is 3.89. The summed E-state index contributed by atoms with van der Waals surface area (Å²) in [5.74, 6) is -10.8. The van der Waals surface area contributed by atoms with E-state index in [1.165, 1.54) is 0 Å². The third kappa shape index (κ3) is 4.55. The molecule has 2 atom stereocenters. The fourth-order valence-electron chi connectivity index (χ4n) is 1.98. The van der Waals surface area contributed by atoms with Crippen LogP contribution in [0.5, 0.6) is 0 Å². The largest absolute Gasteiger partial charge is 0.480 e. The molecular formula is C11H12F5NO4S. The second-order valence-corrected chi connectivity index (χ2v) is 5.97. The molecule has 1 N–H and O–H groups in total. The summed E-state index contributed by atoms with van der Waals surface area (Å²) in [6.45, 7) is -0.396. The van der Waals surface area contributed by atoms with Gasteiger partial charge in [-0.1, -0.05) is 11.8 Å². The van der Waals surface area contributed by atoms with Crippen LogP contribution in [0, 0.1) is 5.92 Å². The molecule has 0 aromatic rings. The number of thioether (sulfide) groups is 1. The molecule has 0 saturated carbocycles. The van der Waals surface area contributed by atoms with Crippen LogP contribution < -0.4 is 0 Å². The summed E-state index contributed by atoms with van der Waals surface area (Å²) in [6, 6.07) is -2.02. The second kappa shape index (κ2) is 6.39. The lowest BCUT2D eigenvalue weighted by atomic mass is 10.1. The van der Waals surface area contributed by atoms with E-state index in [4.69, 9.17) is 5.11 Å². The minimum absolute atomic E-state index is 0.0290. The Balaban J connectivity index is 3.01. The van der Waals surface area contributed by atoms with Gasteiger partial charge in [-0.05, 0) is 0 Å². The Morgan fingerprint density at radius 1 is 1.36 bits per heavy atom. The van der Waals surface area contributed by atoms with E-state index in [2.05, 4.69) is 0 Å². The number of hydrogen-bond acceptors (Lipinski definition) is 4. The lowest BCUT2D eigenvalue weighted by Gasteiger charge is -2.27. The van der Waals surface area contributed by atoms with Crippen LogP contribution in [0.2, 0.25) is 0 Å². The zero-order valence-electron chi connectivity index (χ0n) is 11.2. The van der Waals surface area contributed by atoms with Crippen LogP contribution in [-0.2, 0) is 14.4 Å². The molecule has 1 unspecified atom stereocenters. The molecule has 22 heavy (non-hydrogen) atoms. The maximum atomic E-state index is 13.2. The molecule has 0 bridgehead atoms. The van der Waals surface area contributed by atoms with E-state index in [-0.39, 0.29) is 16.7 Å². The van der Waals surface area contributed by atoms with E-state index >= 15 is 0 Å². The maximum Gasteiger partial charge on any atom is 0.401 e. The molecule has 126 valence electrons. The monoisotopic (exact) mass is 349 g/mol. The highest BCUT2D eigenvalue weighted by molar-refractivity contribution is 8.13. The highest BCUT2D eigenvalue weighted by Gasteiger charge is 2.55. The Bertz CT molecular complexity index is 482. The first-order valence-corrected chi connectivity index (χ1v) is 6.95. The normalized spacial score (nSPS) is 22.5. The first kappa shape index (κ1) is 18.7. The van der Waals surface area contributed by atoms with Crippen molar-refractivity contribution in [3.8, 4) is 0 Å². The first-order valence-electron chi connectivity index (χ1n) is 5.96. The SMILES string of the molecule is CC(=O)SCC(C(=O)N1CC(F)(F)C[C@H]1C(=O)O)C(F)(F)F. The van der Waals surface area contributed by atoms with Crippen LogP contribution in [0.3, 0.4) is 0 Å². The van der Waals surface area contributed by atoms with Gasteiger partial charge >= 0.3 is 12.1 Å². The Kier molecular flexibility index (Phi) is 5.42. The molecule has 1 aliphatic heterocycles. The average molecular weight is 349 g/mol. The molecule has 5 nitrogen and oxygen atoms in total. The van der Waals surface area contributed by atoms with Crippen molar-refractivity contribution in [2.24, 2.45) is 5.92 Å². The van der Waals surface area contributed by atoms with Gasteiger partial charge in [0.2, 0.25) is 5.91 Å². The number of alkyl halides is 5. The fraction of sp³-hybridized carbons (Fsp3) is 0.727.